The highest BCUT2D eigenvalue weighted by Gasteiger charge is 2.30. The van der Waals surface area contributed by atoms with Crippen molar-refractivity contribution in [2.24, 2.45) is 20.5 Å². The van der Waals surface area contributed by atoms with Gasteiger partial charge in [0.05, 0.1) is 44.6 Å². The number of nitrogens with one attached hydrogen (secondary N) is 3. The van der Waals surface area contributed by atoms with Gasteiger partial charge in [-0.2, -0.15) is 15.3 Å². The van der Waals surface area contributed by atoms with Crippen LogP contribution in [0, 0.1) is 27.7 Å². The van der Waals surface area contributed by atoms with E-state index in [1.165, 1.54) is 98.0 Å². The fourth-order valence-corrected chi connectivity index (χ4v) is 20.5. The van der Waals surface area contributed by atoms with Crippen LogP contribution in [0.15, 0.2) is 427 Å². The van der Waals surface area contributed by atoms with E-state index in [4.69, 9.17) is 16.4 Å². The highest BCUT2D eigenvalue weighted by molar-refractivity contribution is 6.33. The molecule has 23 aromatic carbocycles. The predicted molar refractivity (Wildman–Crippen MR) is 599 cm³/mol. The molecular weight excluding hydrogens is 1820 g/mol. The normalized spacial score (nSPS) is 11.8. The summed E-state index contributed by atoms with van der Waals surface area (Å²) in [6.07, 6.45) is 3.52. The summed E-state index contributed by atoms with van der Waals surface area (Å²) in [6, 6.07) is 138. The number of carbonyl (C=O) groups is 3. The number of halogens is 1. The van der Waals surface area contributed by atoms with Crippen molar-refractivity contribution in [3.63, 3.8) is 0 Å². The molecule has 0 aromatic heterocycles. The molecule has 1 aliphatic carbocycles. The quantitative estimate of drug-likeness (QED) is 0.0202. The van der Waals surface area contributed by atoms with Crippen LogP contribution < -0.4 is 25.9 Å². The maximum Gasteiger partial charge on any atom is 0.259 e. The van der Waals surface area contributed by atoms with Crippen LogP contribution in [-0.2, 0) is 37.1 Å². The first-order valence-corrected chi connectivity index (χ1v) is 49.1. The summed E-state index contributed by atoms with van der Waals surface area (Å²) in [4.78, 5) is 49.9. The molecule has 17 heteroatoms. The van der Waals surface area contributed by atoms with Crippen molar-refractivity contribution in [1.29, 1.82) is 0 Å². The molecule has 2 amide bonds. The molecule has 24 rings (SSSR count). The van der Waals surface area contributed by atoms with E-state index in [-0.39, 0.29) is 52.6 Å². The average Bonchev–Trinajstić information content (AvgIpc) is 1.22. The van der Waals surface area contributed by atoms with Crippen molar-refractivity contribution in [3.05, 3.63) is 484 Å². The Bertz CT molecular complexity index is 8650. The number of hydrogen-bond acceptors (Lipinski definition) is 14. The number of phenolic OH excluding ortho intramolecular Hbond substituents is 3. The summed E-state index contributed by atoms with van der Waals surface area (Å²) in [6.45, 7) is 7.98. The third-order valence-corrected chi connectivity index (χ3v) is 28.3. The van der Waals surface area contributed by atoms with Crippen molar-refractivity contribution in [2.75, 3.05) is 33.0 Å². The minimum atomic E-state index is -0.328. The fraction of sp³-hybridized carbons (Fsp3) is 0.0775. The highest BCUT2D eigenvalue weighted by Crippen LogP contribution is 2.50. The predicted octanol–water partition coefficient (Wildman–Crippen LogP) is 34.2. The summed E-state index contributed by atoms with van der Waals surface area (Å²) in [5, 5.41) is 76.4. The van der Waals surface area contributed by atoms with Gasteiger partial charge in [0.1, 0.15) is 29.5 Å². The van der Waals surface area contributed by atoms with Crippen LogP contribution in [-0.4, -0.2) is 40.0 Å². The molecule has 0 radical (unpaired) electrons. The van der Waals surface area contributed by atoms with Crippen molar-refractivity contribution in [2.45, 2.75) is 60.0 Å². The number of carbonyl (C=O) groups excluding carboxylic acids is 3. The second kappa shape index (κ2) is 40.1. The van der Waals surface area contributed by atoms with E-state index in [1.807, 2.05) is 147 Å². The van der Waals surface area contributed by atoms with Crippen LogP contribution in [0.4, 0.5) is 68.2 Å². The van der Waals surface area contributed by atoms with Crippen molar-refractivity contribution < 1.29 is 34.5 Å². The largest absolute Gasteiger partial charge is 0.507 e. The zero-order chi connectivity index (χ0) is 99.7. The monoisotopic (exact) mass is 1920 g/mol. The fourth-order valence-electron chi connectivity index (χ4n) is 20.3. The van der Waals surface area contributed by atoms with Gasteiger partial charge >= 0.3 is 0 Å². The van der Waals surface area contributed by atoms with Crippen LogP contribution >= 0.6 is 11.6 Å². The van der Waals surface area contributed by atoms with Crippen LogP contribution in [0.5, 0.6) is 17.2 Å². The molecule has 0 unspecified atom stereocenters. The third-order valence-electron chi connectivity index (χ3n) is 28.0. The minimum absolute atomic E-state index is 0.0155. The summed E-state index contributed by atoms with van der Waals surface area (Å²) in [5.74, 6) is -0.778. The van der Waals surface area contributed by atoms with Gasteiger partial charge in [-0.3, -0.25) is 24.7 Å². The van der Waals surface area contributed by atoms with Crippen LogP contribution in [0.25, 0.3) is 108 Å². The Morgan fingerprint density at radius 1 is 0.329 bits per heavy atom. The number of azo groups is 2. The van der Waals surface area contributed by atoms with Gasteiger partial charge in [-0.1, -0.05) is 290 Å². The summed E-state index contributed by atoms with van der Waals surface area (Å²) in [7, 11) is 1.59. The summed E-state index contributed by atoms with van der Waals surface area (Å²) < 4.78 is 0. The Labute approximate surface area is 848 Å². The Hall–Kier alpha value is -18.2. The number of aryl methyl sites for hydroxylation is 8. The molecule has 0 bridgehead atoms. The maximum atomic E-state index is 13.2. The van der Waals surface area contributed by atoms with Gasteiger partial charge in [0.25, 0.3) is 11.8 Å². The molecule has 0 spiro atoms. The standard InChI is InChI=1S/2C49H38N2O2.C31H22ClN5O3/c2*1-31-10-24-40(25-11-31)51(45-29-21-37-19-18-35-7-5-8-36-20-28-43(45)47(37)46(35)36)41-26-16-34(17-27-41)13-12-33-14-22-39(23-15-33)50-49(53)44-30-38-6-3-4-9-42(38)32(2)48(44)52;1-33-34-20-10-12-23-24-13-11-21(16-26(24)31(39)25(23)15-20)35-36-29-22-7-3-2-6-18(22)14-19(30(29)38)17-40-37-28-9-5-4-8-27(28)32/h2*3-11,14-30,52H,12-13H2,1-2H3,(H,50,53);2-16,37-38H,17H2,1H3. The number of nitrogens with zero attached hydrogens (tertiary/aromatic N) is 6. The summed E-state index contributed by atoms with van der Waals surface area (Å²) >= 11 is 6.18. The molecule has 6 N–H and O–H groups in total. The molecule has 0 fully saturated rings. The molecule has 1 aliphatic rings. The van der Waals surface area contributed by atoms with Gasteiger partial charge in [0.15, 0.2) is 5.78 Å². The van der Waals surface area contributed by atoms with Gasteiger partial charge < -0.3 is 35.8 Å². The molecule has 146 heavy (non-hydrogen) atoms. The Balaban J connectivity index is 0.000000126. The maximum absolute atomic E-state index is 13.2. The number of rotatable bonds is 23. The first kappa shape index (κ1) is 92.8. The molecule has 0 aliphatic heterocycles. The van der Waals surface area contributed by atoms with E-state index >= 15 is 0 Å². The van der Waals surface area contributed by atoms with Gasteiger partial charge in [-0.05, 0) is 318 Å². The number of ketones is 1. The second-order valence-corrected chi connectivity index (χ2v) is 37.6. The van der Waals surface area contributed by atoms with E-state index < -0.39 is 0 Å². The number of para-hydroxylation sites is 1. The van der Waals surface area contributed by atoms with Crippen molar-refractivity contribution in [1.82, 2.24) is 0 Å². The zero-order valence-electron chi connectivity index (χ0n) is 80.8. The van der Waals surface area contributed by atoms with Gasteiger partial charge in [-0.15, -0.1) is 5.11 Å². The number of hydrogen-bond donors (Lipinski definition) is 6. The molecule has 0 heterocycles. The molecule has 16 nitrogen and oxygen atoms in total. The lowest BCUT2D eigenvalue weighted by molar-refractivity contribution is 0.101. The van der Waals surface area contributed by atoms with E-state index in [1.54, 1.807) is 49.5 Å². The van der Waals surface area contributed by atoms with E-state index in [9.17, 15) is 29.7 Å². The van der Waals surface area contributed by atoms with Gasteiger partial charge in [-0.25, -0.2) is 0 Å². The van der Waals surface area contributed by atoms with Crippen LogP contribution in [0.3, 0.4) is 0 Å². The molecule has 0 saturated carbocycles. The molecule has 708 valence electrons. The van der Waals surface area contributed by atoms with Gasteiger partial charge in [0, 0.05) is 74.0 Å². The Morgan fingerprint density at radius 2 is 0.692 bits per heavy atom. The first-order valence-electron chi connectivity index (χ1n) is 48.7. The Morgan fingerprint density at radius 3 is 1.12 bits per heavy atom. The van der Waals surface area contributed by atoms with E-state index in [0.29, 0.717) is 67.0 Å². The molecule has 0 saturated heterocycles. The molecule has 0 atom stereocenters. The smallest absolute Gasteiger partial charge is 0.259 e. The summed E-state index contributed by atoms with van der Waals surface area (Å²) in [5.41, 5.74) is 25.6. The number of anilines is 9. The number of amides is 2. The van der Waals surface area contributed by atoms with Crippen molar-refractivity contribution in [3.8, 4) is 28.4 Å². The van der Waals surface area contributed by atoms with Crippen molar-refractivity contribution >= 4 is 194 Å². The lowest BCUT2D eigenvalue weighted by Crippen LogP contribution is -2.12. The van der Waals surface area contributed by atoms with Crippen LogP contribution in [0.1, 0.15) is 86.7 Å². The topological polar surface area (TPSA) is 213 Å². The van der Waals surface area contributed by atoms with Gasteiger partial charge in [0.2, 0.25) is 0 Å². The average molecular weight is 1920 g/mol. The lowest BCUT2D eigenvalue weighted by atomic mass is 9.93. The zero-order valence-corrected chi connectivity index (χ0v) is 81.5. The number of benzene rings is 23. The Kier molecular flexibility index (Phi) is 25.5. The highest BCUT2D eigenvalue weighted by atomic mass is 35.5. The van der Waals surface area contributed by atoms with Crippen LogP contribution in [0.2, 0.25) is 5.02 Å². The van der Waals surface area contributed by atoms with E-state index in [0.717, 1.165) is 103 Å². The van der Waals surface area contributed by atoms with E-state index in [2.05, 4.69) is 291 Å². The number of phenols is 3. The SMILES string of the molecule is CN=Nc1ccc2c(c1)C(=O)c1cc(N=Nc3c(O)c(CONc4ccccc4Cl)cc4ccccc34)ccc1-2.Cc1ccc(N(c2ccc(CCc3ccc(NC(=O)c4cc5ccccc5c(C)c4O)cc3)cc2)c2ccc3ccc4cccc5ccc2c3c45)cc1.Cc1ccc(N(c2ccc(CCc3ccc(NC(=O)c4cc5ccccc5c(C)c4O)cc3)cc2)c2ccc3ccc4cccc5ccc2c3c45)cc1. The molecule has 23 aromatic rings. The lowest BCUT2D eigenvalue weighted by Gasteiger charge is -2.28. The third kappa shape index (κ3) is 18.5. The first-order chi connectivity index (χ1) is 71.3. The molecular formula is C129H98ClN9O7. The number of aromatic hydroxyl groups is 3. The minimum Gasteiger partial charge on any atom is -0.507 e. The second-order valence-electron chi connectivity index (χ2n) is 37.2. The number of fused-ring (bicyclic) bond motifs is 6.